The molecule has 1 unspecified atom stereocenters. The average Bonchev–Trinajstić information content (AvgIpc) is 2.83. The third-order valence-corrected chi connectivity index (χ3v) is 5.38. The van der Waals surface area contributed by atoms with E-state index in [0.29, 0.717) is 43.2 Å². The lowest BCUT2D eigenvalue weighted by atomic mass is 9.95. The number of benzene rings is 1. The summed E-state index contributed by atoms with van der Waals surface area (Å²) in [5.74, 6) is -0.593. The van der Waals surface area contributed by atoms with Gasteiger partial charge < -0.3 is 20.3 Å². The van der Waals surface area contributed by atoms with Gasteiger partial charge >= 0.3 is 6.09 Å². The van der Waals surface area contributed by atoms with E-state index in [1.807, 2.05) is 6.92 Å². The number of rotatable bonds is 3. The molecule has 0 aromatic heterocycles. The van der Waals surface area contributed by atoms with E-state index in [1.165, 1.54) is 0 Å². The van der Waals surface area contributed by atoms with Crippen LogP contribution in [0.15, 0.2) is 18.2 Å². The van der Waals surface area contributed by atoms with Crippen LogP contribution in [-0.2, 0) is 14.3 Å². The second-order valence-electron chi connectivity index (χ2n) is 6.80. The summed E-state index contributed by atoms with van der Waals surface area (Å²) in [5.41, 5.74) is 0.850. The van der Waals surface area contributed by atoms with Crippen molar-refractivity contribution >= 4 is 35.2 Å². The number of nitrogens with one attached hydrogen (secondary N) is 2. The van der Waals surface area contributed by atoms with Gasteiger partial charge in [0.1, 0.15) is 12.0 Å². The Morgan fingerprint density at radius 3 is 2.88 bits per heavy atom. The van der Waals surface area contributed by atoms with Crippen molar-refractivity contribution in [3.8, 4) is 0 Å². The van der Waals surface area contributed by atoms with Gasteiger partial charge in [0.05, 0.1) is 6.54 Å². The third-order valence-electron chi connectivity index (χ3n) is 4.97. The van der Waals surface area contributed by atoms with Crippen LogP contribution >= 0.6 is 11.6 Å². The number of hydrogen-bond acceptors (Lipinski definition) is 4. The van der Waals surface area contributed by atoms with Crippen molar-refractivity contribution in [2.75, 3.05) is 25.0 Å². The number of carbonyl (C=O) groups excluding carboxylic acids is 3. The van der Waals surface area contributed by atoms with Crippen molar-refractivity contribution in [1.29, 1.82) is 0 Å². The molecule has 1 spiro atoms. The third kappa shape index (κ3) is 4.09. The molecule has 3 rings (SSSR count). The zero-order chi connectivity index (χ0) is 18.7. The molecule has 2 heterocycles. The van der Waals surface area contributed by atoms with Crippen molar-refractivity contribution in [3.63, 3.8) is 0 Å². The summed E-state index contributed by atoms with van der Waals surface area (Å²) in [6.45, 7) is 3.31. The maximum absolute atomic E-state index is 12.5. The first-order valence-corrected chi connectivity index (χ1v) is 9.06. The van der Waals surface area contributed by atoms with Crippen molar-refractivity contribution < 1.29 is 19.1 Å². The molecule has 7 nitrogen and oxygen atoms in total. The summed E-state index contributed by atoms with van der Waals surface area (Å²) in [6, 6.07) is 5.24. The van der Waals surface area contributed by atoms with Crippen LogP contribution in [0.25, 0.3) is 0 Å². The van der Waals surface area contributed by atoms with Gasteiger partial charge in [-0.15, -0.1) is 0 Å². The number of ether oxygens (including phenoxy) is 1. The zero-order valence-electron chi connectivity index (χ0n) is 14.6. The van der Waals surface area contributed by atoms with Crippen LogP contribution in [0, 0.1) is 6.92 Å². The first-order chi connectivity index (χ1) is 12.4. The van der Waals surface area contributed by atoms with Gasteiger partial charge in [0.25, 0.3) is 0 Å². The van der Waals surface area contributed by atoms with Crippen LogP contribution in [0.5, 0.6) is 0 Å². The number of halogens is 1. The highest BCUT2D eigenvalue weighted by Crippen LogP contribution is 2.29. The molecule has 2 fully saturated rings. The minimum atomic E-state index is -0.522. The van der Waals surface area contributed by atoms with Crippen molar-refractivity contribution in [3.05, 3.63) is 28.8 Å². The number of carbonyl (C=O) groups is 3. The number of alkyl carbamates (subject to hydrolysis) is 1. The second kappa shape index (κ2) is 7.53. The van der Waals surface area contributed by atoms with Gasteiger partial charge in [-0.05, 0) is 37.5 Å². The molecular weight excluding hydrogens is 358 g/mol. The molecule has 2 N–H and O–H groups in total. The lowest BCUT2D eigenvalue weighted by Gasteiger charge is -2.25. The van der Waals surface area contributed by atoms with Gasteiger partial charge in [0, 0.05) is 30.2 Å². The summed E-state index contributed by atoms with van der Waals surface area (Å²) >= 11 is 6.05. The van der Waals surface area contributed by atoms with Crippen LogP contribution in [-0.4, -0.2) is 48.0 Å². The minimum Gasteiger partial charge on any atom is -0.441 e. The molecule has 1 aromatic carbocycles. The fourth-order valence-corrected chi connectivity index (χ4v) is 3.56. The fraction of sp³-hybridized carbons (Fsp3) is 0.500. The normalized spacial score (nSPS) is 22.5. The van der Waals surface area contributed by atoms with E-state index in [-0.39, 0.29) is 18.2 Å². The molecule has 0 saturated carbocycles. The Morgan fingerprint density at radius 2 is 2.15 bits per heavy atom. The van der Waals surface area contributed by atoms with Gasteiger partial charge in [-0.1, -0.05) is 17.7 Å². The van der Waals surface area contributed by atoms with Crippen LogP contribution in [0.3, 0.4) is 0 Å². The molecule has 3 amide bonds. The van der Waals surface area contributed by atoms with Gasteiger partial charge in [0.2, 0.25) is 11.8 Å². The second-order valence-corrected chi connectivity index (χ2v) is 7.20. The fourth-order valence-electron chi connectivity index (χ4n) is 3.38. The molecule has 140 valence electrons. The standard InChI is InChI=1S/C18H22ClN3O4/c1-12-13(19)4-2-5-14(12)21-15(23)10-16(24)22-8-3-6-18(7-9-22)11-20-17(25)26-18/h2,4-5H,3,6-11H2,1H3,(H,20,25)(H,21,23). The van der Waals surface area contributed by atoms with E-state index in [2.05, 4.69) is 10.6 Å². The molecule has 2 saturated heterocycles. The van der Waals surface area contributed by atoms with Gasteiger partial charge in [0.15, 0.2) is 0 Å². The number of nitrogens with zero attached hydrogens (tertiary/aromatic N) is 1. The molecule has 2 aliphatic heterocycles. The highest BCUT2D eigenvalue weighted by Gasteiger charge is 2.41. The van der Waals surface area contributed by atoms with Crippen LogP contribution < -0.4 is 10.6 Å². The predicted octanol–water partition coefficient (Wildman–Crippen LogP) is 2.47. The van der Waals surface area contributed by atoms with Crippen molar-refractivity contribution in [2.24, 2.45) is 0 Å². The lowest BCUT2D eigenvalue weighted by molar-refractivity contribution is -0.134. The number of hydrogen-bond donors (Lipinski definition) is 2. The minimum absolute atomic E-state index is 0.225. The van der Waals surface area contributed by atoms with E-state index in [0.717, 1.165) is 12.0 Å². The summed E-state index contributed by atoms with van der Waals surface area (Å²) in [6.07, 6.45) is 1.39. The maximum Gasteiger partial charge on any atom is 0.407 e. The first kappa shape index (κ1) is 18.5. The number of amides is 3. The van der Waals surface area contributed by atoms with E-state index in [1.54, 1.807) is 23.1 Å². The van der Waals surface area contributed by atoms with Crippen LogP contribution in [0.1, 0.15) is 31.2 Å². The van der Waals surface area contributed by atoms with Crippen molar-refractivity contribution in [1.82, 2.24) is 10.2 Å². The van der Waals surface area contributed by atoms with Gasteiger partial charge in [-0.3, -0.25) is 9.59 Å². The van der Waals surface area contributed by atoms with Crippen LogP contribution in [0.4, 0.5) is 10.5 Å². The van der Waals surface area contributed by atoms with Crippen LogP contribution in [0.2, 0.25) is 5.02 Å². The maximum atomic E-state index is 12.5. The van der Waals surface area contributed by atoms with E-state index < -0.39 is 11.7 Å². The molecule has 2 aliphatic rings. The molecule has 0 radical (unpaired) electrons. The molecular formula is C18H22ClN3O4. The first-order valence-electron chi connectivity index (χ1n) is 8.68. The van der Waals surface area contributed by atoms with Gasteiger partial charge in [-0.25, -0.2) is 4.79 Å². The van der Waals surface area contributed by atoms with Gasteiger partial charge in [-0.2, -0.15) is 0 Å². The van der Waals surface area contributed by atoms with Crippen molar-refractivity contribution in [2.45, 2.75) is 38.2 Å². The Hall–Kier alpha value is -2.28. The number of anilines is 1. The molecule has 26 heavy (non-hydrogen) atoms. The summed E-state index contributed by atoms with van der Waals surface area (Å²) in [5, 5.41) is 5.98. The lowest BCUT2D eigenvalue weighted by Crippen LogP contribution is -2.37. The Kier molecular flexibility index (Phi) is 5.36. The molecule has 1 aromatic rings. The smallest absolute Gasteiger partial charge is 0.407 e. The summed E-state index contributed by atoms with van der Waals surface area (Å²) < 4.78 is 5.40. The Labute approximate surface area is 157 Å². The Balaban J connectivity index is 1.55. The topological polar surface area (TPSA) is 87.7 Å². The average molecular weight is 380 g/mol. The zero-order valence-corrected chi connectivity index (χ0v) is 15.4. The van der Waals surface area contributed by atoms with E-state index in [9.17, 15) is 14.4 Å². The Bertz CT molecular complexity index is 739. The summed E-state index contributed by atoms with van der Waals surface area (Å²) in [7, 11) is 0. The molecule has 0 bridgehead atoms. The largest absolute Gasteiger partial charge is 0.441 e. The highest BCUT2D eigenvalue weighted by atomic mass is 35.5. The monoisotopic (exact) mass is 379 g/mol. The quantitative estimate of drug-likeness (QED) is 0.790. The number of likely N-dealkylation sites (tertiary alicyclic amines) is 1. The SMILES string of the molecule is Cc1c(Cl)cccc1NC(=O)CC(=O)N1CCCC2(CC1)CNC(=O)O2. The molecule has 8 heteroatoms. The Morgan fingerprint density at radius 1 is 1.35 bits per heavy atom. The summed E-state index contributed by atoms with van der Waals surface area (Å²) in [4.78, 5) is 37.7. The highest BCUT2D eigenvalue weighted by molar-refractivity contribution is 6.31. The predicted molar refractivity (Wildman–Crippen MR) is 97.1 cm³/mol. The molecule has 1 atom stereocenters. The molecule has 0 aliphatic carbocycles. The van der Waals surface area contributed by atoms with E-state index in [4.69, 9.17) is 16.3 Å². The van der Waals surface area contributed by atoms with E-state index >= 15 is 0 Å².